The molecule has 2 aromatic carbocycles. The van der Waals surface area contributed by atoms with Gasteiger partial charge in [0.15, 0.2) is 0 Å². The van der Waals surface area contributed by atoms with Crippen LogP contribution in [0.5, 0.6) is 5.75 Å². The van der Waals surface area contributed by atoms with Crippen molar-refractivity contribution in [1.82, 2.24) is 10.4 Å². The molecule has 2 aromatic rings. The molecule has 2 amide bonds. The summed E-state index contributed by atoms with van der Waals surface area (Å²) in [7, 11) is 1.56. The van der Waals surface area contributed by atoms with Crippen LogP contribution in [0.1, 0.15) is 58.2 Å². The topological polar surface area (TPSA) is 84.7 Å². The van der Waals surface area contributed by atoms with Crippen LogP contribution in [0.25, 0.3) is 0 Å². The zero-order chi connectivity index (χ0) is 23.3. The van der Waals surface area contributed by atoms with Gasteiger partial charge in [0.25, 0.3) is 11.8 Å². The number of nitrogens with one attached hydrogen (secondary N) is 1. The number of methoxy groups -OCH3 is 1. The summed E-state index contributed by atoms with van der Waals surface area (Å²) in [6, 6.07) is 10.9. The second-order valence-electron chi connectivity index (χ2n) is 8.67. The molecule has 166 valence electrons. The molecule has 0 radical (unpaired) electrons. The van der Waals surface area contributed by atoms with Crippen molar-refractivity contribution in [2.45, 2.75) is 41.5 Å². The van der Waals surface area contributed by atoms with Crippen molar-refractivity contribution < 1.29 is 14.3 Å². The van der Waals surface area contributed by atoms with Crippen LogP contribution in [-0.2, 0) is 0 Å². The molecule has 6 heteroatoms. The number of hydrogen-bond acceptors (Lipinski definition) is 4. The molecule has 0 spiro atoms. The lowest BCUT2D eigenvalue weighted by Gasteiger charge is -2.34. The molecule has 0 saturated heterocycles. The van der Waals surface area contributed by atoms with E-state index < -0.39 is 11.3 Å². The van der Waals surface area contributed by atoms with E-state index in [1.54, 1.807) is 31.4 Å². The maximum Gasteiger partial charge on any atom is 0.276 e. The van der Waals surface area contributed by atoms with Crippen molar-refractivity contribution in [3.63, 3.8) is 0 Å². The minimum atomic E-state index is -0.440. The summed E-state index contributed by atoms with van der Waals surface area (Å²) < 4.78 is 5.34. The van der Waals surface area contributed by atoms with Gasteiger partial charge in [0.05, 0.1) is 7.11 Å². The third-order valence-corrected chi connectivity index (χ3v) is 4.95. The molecule has 3 N–H and O–H groups in total. The average Bonchev–Trinajstić information content (AvgIpc) is 2.68. The minimum absolute atomic E-state index is 0.233. The Labute approximate surface area is 185 Å². The van der Waals surface area contributed by atoms with E-state index in [-0.39, 0.29) is 12.5 Å². The molecule has 0 atom stereocenters. The second kappa shape index (κ2) is 9.79. The second-order valence-corrected chi connectivity index (χ2v) is 8.67. The standard InChI is InChI=1S/C25H33N3O3/c1-16-13-17(2)15-19(14-16)24(30)28(22(11-12-26)25(4,5)6)27-23(29)20-9-8-10-21(31-7)18(20)3/h8-11,13-15H,12,26H2,1-7H3,(H,27,29)/b22-11+. The molecule has 31 heavy (non-hydrogen) atoms. The smallest absolute Gasteiger partial charge is 0.276 e. The third kappa shape index (κ3) is 5.73. The fraction of sp³-hybridized carbons (Fsp3) is 0.360. The van der Waals surface area contributed by atoms with E-state index in [2.05, 4.69) is 5.43 Å². The van der Waals surface area contributed by atoms with Crippen molar-refractivity contribution >= 4 is 11.8 Å². The first-order chi connectivity index (χ1) is 14.5. The summed E-state index contributed by atoms with van der Waals surface area (Å²) >= 11 is 0. The predicted molar refractivity (Wildman–Crippen MR) is 124 cm³/mol. The number of allylic oxidation sites excluding steroid dienone is 1. The quantitative estimate of drug-likeness (QED) is 0.703. The van der Waals surface area contributed by atoms with E-state index >= 15 is 0 Å². The maximum atomic E-state index is 13.6. The summed E-state index contributed by atoms with van der Waals surface area (Å²) in [4.78, 5) is 26.8. The van der Waals surface area contributed by atoms with Crippen LogP contribution in [0.3, 0.4) is 0 Å². The van der Waals surface area contributed by atoms with Crippen LogP contribution >= 0.6 is 0 Å². The van der Waals surface area contributed by atoms with Gasteiger partial charge in [-0.05, 0) is 51.1 Å². The minimum Gasteiger partial charge on any atom is -0.496 e. The van der Waals surface area contributed by atoms with Gasteiger partial charge in [0.2, 0.25) is 0 Å². The van der Waals surface area contributed by atoms with E-state index in [4.69, 9.17) is 10.5 Å². The number of ether oxygens (including phenoxy) is 1. The molecule has 0 saturated carbocycles. The van der Waals surface area contributed by atoms with Crippen molar-refractivity contribution in [2.75, 3.05) is 13.7 Å². The van der Waals surface area contributed by atoms with Gasteiger partial charge in [-0.1, -0.05) is 44.0 Å². The summed E-state index contributed by atoms with van der Waals surface area (Å²) in [5.41, 5.74) is 12.4. The fourth-order valence-corrected chi connectivity index (χ4v) is 3.54. The molecule has 0 aliphatic rings. The summed E-state index contributed by atoms with van der Waals surface area (Å²) in [5.74, 6) is -0.120. The molecule has 0 aliphatic carbocycles. The Morgan fingerprint density at radius 3 is 2.23 bits per heavy atom. The first-order valence-electron chi connectivity index (χ1n) is 10.3. The van der Waals surface area contributed by atoms with Crippen LogP contribution in [0.4, 0.5) is 0 Å². The maximum absolute atomic E-state index is 13.6. The highest BCUT2D eigenvalue weighted by Crippen LogP contribution is 2.29. The Morgan fingerprint density at radius 2 is 1.71 bits per heavy atom. The van der Waals surface area contributed by atoms with E-state index in [1.165, 1.54) is 5.01 Å². The molecule has 0 fully saturated rings. The fourth-order valence-electron chi connectivity index (χ4n) is 3.54. The molecule has 0 bridgehead atoms. The molecule has 6 nitrogen and oxygen atoms in total. The number of nitrogens with two attached hydrogens (primary N) is 1. The van der Waals surface area contributed by atoms with Gasteiger partial charge >= 0.3 is 0 Å². The predicted octanol–water partition coefficient (Wildman–Crippen LogP) is 4.30. The van der Waals surface area contributed by atoms with Crippen molar-refractivity contribution in [1.29, 1.82) is 0 Å². The van der Waals surface area contributed by atoms with Gasteiger partial charge in [-0.25, -0.2) is 5.01 Å². The molecule has 0 unspecified atom stereocenters. The number of hydrazine groups is 1. The van der Waals surface area contributed by atoms with Crippen LogP contribution in [0.15, 0.2) is 48.2 Å². The Hall–Kier alpha value is -3.12. The van der Waals surface area contributed by atoms with Gasteiger partial charge in [0, 0.05) is 34.3 Å². The van der Waals surface area contributed by atoms with Crippen LogP contribution in [0.2, 0.25) is 0 Å². The van der Waals surface area contributed by atoms with Gasteiger partial charge in [-0.2, -0.15) is 0 Å². The van der Waals surface area contributed by atoms with Gasteiger partial charge in [-0.3, -0.25) is 15.0 Å². The van der Waals surface area contributed by atoms with Crippen molar-refractivity contribution in [3.05, 3.63) is 76.0 Å². The van der Waals surface area contributed by atoms with E-state index in [0.29, 0.717) is 28.1 Å². The number of aryl methyl sites for hydroxylation is 2. The van der Waals surface area contributed by atoms with Gasteiger partial charge < -0.3 is 10.5 Å². The van der Waals surface area contributed by atoms with Gasteiger partial charge in [0.1, 0.15) is 5.75 Å². The van der Waals surface area contributed by atoms with Crippen molar-refractivity contribution in [3.8, 4) is 5.75 Å². The first-order valence-corrected chi connectivity index (χ1v) is 10.3. The monoisotopic (exact) mass is 423 g/mol. The third-order valence-electron chi connectivity index (χ3n) is 4.95. The highest BCUT2D eigenvalue weighted by atomic mass is 16.5. The zero-order valence-corrected chi connectivity index (χ0v) is 19.5. The number of hydrogen-bond donors (Lipinski definition) is 2. The highest BCUT2D eigenvalue weighted by molar-refractivity contribution is 6.01. The van der Waals surface area contributed by atoms with E-state index in [0.717, 1.165) is 11.1 Å². The number of carbonyl (C=O) groups excluding carboxylic acids is 2. The number of nitrogens with zero attached hydrogens (tertiary/aromatic N) is 1. The van der Waals surface area contributed by atoms with Gasteiger partial charge in [-0.15, -0.1) is 0 Å². The van der Waals surface area contributed by atoms with Crippen molar-refractivity contribution in [2.24, 2.45) is 11.1 Å². The average molecular weight is 424 g/mol. The number of benzene rings is 2. The molecule has 0 heterocycles. The highest BCUT2D eigenvalue weighted by Gasteiger charge is 2.30. The van der Waals surface area contributed by atoms with Crippen LogP contribution in [0, 0.1) is 26.2 Å². The summed E-state index contributed by atoms with van der Waals surface area (Å²) in [6.07, 6.45) is 1.76. The molecule has 2 rings (SSSR count). The molecular weight excluding hydrogens is 390 g/mol. The number of rotatable bonds is 5. The number of amides is 2. The number of carbonyl (C=O) groups is 2. The van der Waals surface area contributed by atoms with E-state index in [1.807, 2.05) is 59.7 Å². The Morgan fingerprint density at radius 1 is 1.10 bits per heavy atom. The first kappa shape index (κ1) is 24.2. The lowest BCUT2D eigenvalue weighted by atomic mass is 9.90. The molecular formula is C25H33N3O3. The van der Waals surface area contributed by atoms with Crippen LogP contribution in [-0.4, -0.2) is 30.5 Å². The molecule has 0 aliphatic heterocycles. The lowest BCUT2D eigenvalue weighted by Crippen LogP contribution is -2.48. The molecule has 0 aromatic heterocycles. The zero-order valence-electron chi connectivity index (χ0n) is 19.5. The SMILES string of the molecule is COc1cccc(C(=O)NN(C(=O)c2cc(C)cc(C)c2)/C(=C/CN)C(C)(C)C)c1C. The largest absolute Gasteiger partial charge is 0.496 e. The van der Waals surface area contributed by atoms with Crippen LogP contribution < -0.4 is 15.9 Å². The Kier molecular flexibility index (Phi) is 7.63. The summed E-state index contributed by atoms with van der Waals surface area (Å²) in [5, 5.41) is 1.32. The Bertz CT molecular complexity index is 983. The normalized spacial score (nSPS) is 11.8. The Balaban J connectivity index is 2.56. The lowest BCUT2D eigenvalue weighted by molar-refractivity contribution is 0.0609. The van der Waals surface area contributed by atoms with E-state index in [9.17, 15) is 9.59 Å². The summed E-state index contributed by atoms with van der Waals surface area (Å²) in [6.45, 7) is 11.8.